The molecule has 0 amide bonds. The molecule has 2 fully saturated rings. The Hall–Kier alpha value is -5.92. The number of fused-ring (bicyclic) bond motifs is 1. The van der Waals surface area contributed by atoms with Crippen molar-refractivity contribution in [3.05, 3.63) is 16.7 Å². The molecule has 1 aromatic carbocycles. The van der Waals surface area contributed by atoms with E-state index in [-0.39, 0.29) is 0 Å². The van der Waals surface area contributed by atoms with E-state index in [0.717, 1.165) is 62.3 Å². The van der Waals surface area contributed by atoms with Gasteiger partial charge in [0.1, 0.15) is 53.6 Å². The van der Waals surface area contributed by atoms with Crippen LogP contribution in [0.25, 0.3) is 5.76 Å². The Balaban J connectivity index is 2.05. The number of phenolic OH excluding ortho intramolecular Hbond substituents is 2. The lowest BCUT2D eigenvalue weighted by Crippen LogP contribution is -2.61. The van der Waals surface area contributed by atoms with Gasteiger partial charge in [0.05, 0.1) is 20.9 Å². The first-order chi connectivity index (χ1) is 29.8. The average Bonchev–Trinajstić information content (AvgIpc) is 3.17. The maximum atomic E-state index is 13.6. The Bertz CT molecular complexity index is 2150. The van der Waals surface area contributed by atoms with Crippen molar-refractivity contribution in [2.24, 2.45) is 0 Å². The number of carbonyl (C=O) groups excluding carboxylic acids is 10. The Morgan fingerprint density at radius 3 is 1.11 bits per heavy atom. The zero-order chi connectivity index (χ0) is 48.1. The first kappa shape index (κ1) is 50.7. The molecule has 1 aliphatic carbocycles. The third-order valence-corrected chi connectivity index (χ3v) is 11.7. The number of thioether (sulfide) groups is 2. The van der Waals surface area contributed by atoms with E-state index in [0.29, 0.717) is 23.5 Å². The molecule has 350 valence electrons. The van der Waals surface area contributed by atoms with Crippen LogP contribution in [0.3, 0.4) is 0 Å². The maximum Gasteiger partial charge on any atom is 0.303 e. The van der Waals surface area contributed by atoms with Crippen molar-refractivity contribution in [1.82, 2.24) is 0 Å². The lowest BCUT2D eigenvalue weighted by molar-refractivity contribution is -0.237. The van der Waals surface area contributed by atoms with Crippen LogP contribution in [-0.2, 0) is 90.5 Å². The van der Waals surface area contributed by atoms with Gasteiger partial charge in [0.2, 0.25) is 11.6 Å². The topological polar surface area (TPSA) is 324 Å². The van der Waals surface area contributed by atoms with Gasteiger partial charge in [-0.2, -0.15) is 0 Å². The van der Waals surface area contributed by atoms with Gasteiger partial charge in [0.25, 0.3) is 0 Å². The third kappa shape index (κ3) is 11.8. The van der Waals surface area contributed by atoms with Gasteiger partial charge in [-0.15, -0.1) is 0 Å². The molecule has 2 saturated heterocycles. The van der Waals surface area contributed by atoms with E-state index in [1.807, 2.05) is 0 Å². The fourth-order valence-corrected chi connectivity index (χ4v) is 9.40. The molecule has 0 spiro atoms. The standard InChI is InChI=1S/C39H44O23S2/c1-12-25(48)23-24(27(50)26(12)49)29(52)37(64-39-35(60-20(9)47)33(58-18(7)45)31(56-16(5)43)22(62-39)11-54-14(3)41)36(28(23)51)63-38-34(59-19(8)46)32(57-17(6)44)30(55-15(4)42)21(61-38)10-53-13(2)40/h21-22,30-35,38-39,48,51-52H,10-11H2,1-9H3. The molecule has 25 heteroatoms. The fourth-order valence-electron chi connectivity index (χ4n) is 6.73. The predicted octanol–water partition coefficient (Wildman–Crippen LogP) is 1.50. The predicted molar refractivity (Wildman–Crippen MR) is 210 cm³/mol. The zero-order valence-corrected chi connectivity index (χ0v) is 37.1. The number of Topliss-reactive ketones (excluding diaryl/α,β-unsaturated/α-hetero) is 2. The van der Waals surface area contributed by atoms with Gasteiger partial charge in [0, 0.05) is 61.0 Å². The largest absolute Gasteiger partial charge is 0.507 e. The molecule has 1 aromatic rings. The molecule has 0 radical (unpaired) electrons. The third-order valence-electron chi connectivity index (χ3n) is 9.09. The van der Waals surface area contributed by atoms with E-state index >= 15 is 0 Å². The van der Waals surface area contributed by atoms with Crippen LogP contribution < -0.4 is 0 Å². The van der Waals surface area contributed by atoms with Crippen LogP contribution in [0.1, 0.15) is 78.2 Å². The molecule has 4 rings (SSSR count). The van der Waals surface area contributed by atoms with Crippen molar-refractivity contribution >= 4 is 88.6 Å². The summed E-state index contributed by atoms with van der Waals surface area (Å²) in [5, 5.41) is 35.4. The van der Waals surface area contributed by atoms with Gasteiger partial charge < -0.3 is 62.7 Å². The maximum absolute atomic E-state index is 13.6. The van der Waals surface area contributed by atoms with E-state index < -0.39 is 176 Å². The second-order valence-corrected chi connectivity index (χ2v) is 16.3. The van der Waals surface area contributed by atoms with E-state index in [4.69, 9.17) is 47.4 Å². The second-order valence-electron chi connectivity index (χ2n) is 14.1. The number of ether oxygens (including phenoxy) is 10. The van der Waals surface area contributed by atoms with E-state index in [1.54, 1.807) is 0 Å². The van der Waals surface area contributed by atoms with Crippen molar-refractivity contribution in [2.75, 3.05) is 13.2 Å². The molecule has 10 atom stereocenters. The summed E-state index contributed by atoms with van der Waals surface area (Å²) >= 11 is 0.707. The van der Waals surface area contributed by atoms with Crippen LogP contribution in [0.4, 0.5) is 0 Å². The number of hydrogen-bond acceptors (Lipinski definition) is 25. The van der Waals surface area contributed by atoms with Crippen molar-refractivity contribution in [1.29, 1.82) is 0 Å². The van der Waals surface area contributed by atoms with Gasteiger partial charge in [-0.25, -0.2) is 0 Å². The van der Waals surface area contributed by atoms with Crippen LogP contribution in [0, 0.1) is 0 Å². The lowest BCUT2D eigenvalue weighted by Gasteiger charge is -2.45. The average molecular weight is 945 g/mol. The zero-order valence-electron chi connectivity index (χ0n) is 35.5. The number of allylic oxidation sites excluding steroid dienone is 1. The van der Waals surface area contributed by atoms with Gasteiger partial charge >= 0.3 is 47.8 Å². The number of carbonyl (C=O) groups is 10. The summed E-state index contributed by atoms with van der Waals surface area (Å²) in [6.45, 7) is 7.61. The summed E-state index contributed by atoms with van der Waals surface area (Å²) in [6, 6.07) is 0. The number of esters is 8. The van der Waals surface area contributed by atoms with Crippen LogP contribution in [0.5, 0.6) is 11.5 Å². The summed E-state index contributed by atoms with van der Waals surface area (Å²) in [5.74, 6) is -13.4. The van der Waals surface area contributed by atoms with Crippen LogP contribution >= 0.6 is 23.5 Å². The highest BCUT2D eigenvalue weighted by Crippen LogP contribution is 2.55. The Morgan fingerprint density at radius 2 is 0.781 bits per heavy atom. The number of aliphatic hydroxyl groups excluding tert-OH is 1. The van der Waals surface area contributed by atoms with Crippen LogP contribution in [0.15, 0.2) is 15.4 Å². The molecule has 0 saturated carbocycles. The monoisotopic (exact) mass is 944 g/mol. The van der Waals surface area contributed by atoms with Gasteiger partial charge in [-0.1, -0.05) is 23.5 Å². The highest BCUT2D eigenvalue weighted by molar-refractivity contribution is 8.03. The SMILES string of the molecule is CC(=O)OCC1OC(Sc2c(O)c3c(c(O)c2SC2OC(COC(C)=O)C(OC(C)=O)C(OC(C)=O)C2OC(C)=O)C(O)=C(C)C(=O)C3=O)C(OC(C)=O)C(OC(C)=O)C1OC(C)=O. The molecule has 23 nitrogen and oxygen atoms in total. The summed E-state index contributed by atoms with van der Waals surface area (Å²) < 4.78 is 55.6. The molecule has 3 aliphatic rings. The van der Waals surface area contributed by atoms with E-state index in [2.05, 4.69) is 0 Å². The first-order valence-electron chi connectivity index (χ1n) is 18.9. The highest BCUT2D eigenvalue weighted by Gasteiger charge is 2.55. The van der Waals surface area contributed by atoms with Gasteiger partial charge in [-0.05, 0) is 6.92 Å². The summed E-state index contributed by atoms with van der Waals surface area (Å²) in [7, 11) is 0. The molecule has 2 heterocycles. The van der Waals surface area contributed by atoms with Crippen LogP contribution in [-0.4, -0.2) is 148 Å². The normalized spacial score (nSPS) is 26.4. The Morgan fingerprint density at radius 1 is 0.469 bits per heavy atom. The minimum absolute atomic E-state index is 0.338. The molecule has 2 aliphatic heterocycles. The lowest BCUT2D eigenvalue weighted by atomic mass is 9.88. The Kier molecular flexibility index (Phi) is 16.8. The number of ketones is 2. The molecule has 10 unspecified atom stereocenters. The van der Waals surface area contributed by atoms with E-state index in [1.165, 1.54) is 0 Å². The minimum Gasteiger partial charge on any atom is -0.507 e. The summed E-state index contributed by atoms with van der Waals surface area (Å²) in [5.41, 5.74) is -5.75. The minimum atomic E-state index is -1.81. The van der Waals surface area contributed by atoms with Crippen LogP contribution in [0.2, 0.25) is 0 Å². The number of aromatic hydroxyl groups is 2. The number of hydrogen-bond donors (Lipinski definition) is 3. The summed E-state index contributed by atoms with van der Waals surface area (Å²) in [6.07, 6.45) is -13.4. The smallest absolute Gasteiger partial charge is 0.303 e. The molecule has 3 N–H and O–H groups in total. The van der Waals surface area contributed by atoms with Gasteiger partial charge in [0.15, 0.2) is 36.6 Å². The fraction of sp³-hybridized carbons (Fsp3) is 0.538. The van der Waals surface area contributed by atoms with Crippen molar-refractivity contribution < 1.29 is 111 Å². The molecule has 0 aromatic heterocycles. The van der Waals surface area contributed by atoms with Crippen molar-refractivity contribution in [3.8, 4) is 11.5 Å². The molecular weight excluding hydrogens is 901 g/mol. The van der Waals surface area contributed by atoms with Gasteiger partial charge in [-0.3, -0.25) is 47.9 Å². The second kappa shape index (κ2) is 21.2. The number of benzene rings is 1. The number of phenols is 2. The van der Waals surface area contributed by atoms with Crippen molar-refractivity contribution in [3.63, 3.8) is 0 Å². The highest BCUT2D eigenvalue weighted by atomic mass is 32.2. The van der Waals surface area contributed by atoms with Crippen molar-refractivity contribution in [2.45, 2.75) is 132 Å². The number of rotatable bonds is 14. The first-order valence-corrected chi connectivity index (χ1v) is 20.7. The molecular formula is C39H44O23S2. The Labute approximate surface area is 371 Å². The molecule has 0 bridgehead atoms. The van der Waals surface area contributed by atoms with E-state index in [9.17, 15) is 63.3 Å². The number of aliphatic hydroxyl groups is 1. The summed E-state index contributed by atoms with van der Waals surface area (Å²) in [4.78, 5) is 124. The quantitative estimate of drug-likeness (QED) is 0.103. The molecule has 64 heavy (non-hydrogen) atoms.